The lowest BCUT2D eigenvalue weighted by Gasteiger charge is -2.07. The van der Waals surface area contributed by atoms with Gasteiger partial charge < -0.3 is 10.6 Å². The number of carbonyl (C=O) groups excluding carboxylic acids is 1. The topological polar surface area (TPSA) is 54.0 Å². The van der Waals surface area contributed by atoms with Gasteiger partial charge in [0.15, 0.2) is 0 Å². The Kier molecular flexibility index (Phi) is 5.12. The minimum atomic E-state index is -0.215. The van der Waals surface area contributed by atoms with Gasteiger partial charge in [-0.1, -0.05) is 22.9 Å². The number of anilines is 2. The third kappa shape index (κ3) is 4.06. The Balaban J connectivity index is 2.06. The fourth-order valence-corrected chi connectivity index (χ4v) is 1.93. The van der Waals surface area contributed by atoms with E-state index in [1.54, 1.807) is 12.3 Å². The molecular formula is C15H16BrN3O. The fraction of sp³-hybridized carbons (Fsp3) is 0.200. The van der Waals surface area contributed by atoms with Crippen molar-refractivity contribution in [3.8, 4) is 0 Å². The van der Waals surface area contributed by atoms with Gasteiger partial charge >= 0.3 is 0 Å². The molecule has 1 aromatic heterocycles. The summed E-state index contributed by atoms with van der Waals surface area (Å²) in [4.78, 5) is 16.2. The number of rotatable bonds is 5. The zero-order valence-corrected chi connectivity index (χ0v) is 12.8. The number of nitrogens with one attached hydrogen (secondary N) is 2. The van der Waals surface area contributed by atoms with Crippen molar-refractivity contribution in [1.29, 1.82) is 0 Å². The van der Waals surface area contributed by atoms with E-state index in [2.05, 4.69) is 38.5 Å². The van der Waals surface area contributed by atoms with Crippen molar-refractivity contribution in [2.75, 3.05) is 17.2 Å². The second-order valence-electron chi connectivity index (χ2n) is 4.32. The van der Waals surface area contributed by atoms with Gasteiger partial charge in [0.05, 0.1) is 0 Å². The summed E-state index contributed by atoms with van der Waals surface area (Å²) in [6.07, 6.45) is 2.66. The van der Waals surface area contributed by atoms with Crippen LogP contribution in [0.5, 0.6) is 0 Å². The highest BCUT2D eigenvalue weighted by Crippen LogP contribution is 2.15. The van der Waals surface area contributed by atoms with Crippen molar-refractivity contribution in [3.63, 3.8) is 0 Å². The lowest BCUT2D eigenvalue weighted by Crippen LogP contribution is -2.14. The Labute approximate surface area is 126 Å². The molecule has 4 nitrogen and oxygen atoms in total. The fourth-order valence-electron chi connectivity index (χ4n) is 1.66. The molecule has 1 amide bonds. The van der Waals surface area contributed by atoms with E-state index in [1.165, 1.54) is 0 Å². The van der Waals surface area contributed by atoms with Crippen molar-refractivity contribution >= 4 is 33.2 Å². The molecule has 0 radical (unpaired) electrons. The van der Waals surface area contributed by atoms with Crippen molar-refractivity contribution in [3.05, 3.63) is 52.8 Å². The van der Waals surface area contributed by atoms with E-state index in [0.29, 0.717) is 5.69 Å². The molecule has 0 fully saturated rings. The number of carbonyl (C=O) groups is 1. The van der Waals surface area contributed by atoms with E-state index in [1.807, 2.05) is 30.3 Å². The third-order valence-corrected chi connectivity index (χ3v) is 3.20. The molecule has 0 aliphatic carbocycles. The molecule has 0 bridgehead atoms. The predicted molar refractivity (Wildman–Crippen MR) is 85.1 cm³/mol. The molecule has 20 heavy (non-hydrogen) atoms. The molecule has 2 rings (SSSR count). The van der Waals surface area contributed by atoms with Crippen LogP contribution in [0, 0.1) is 0 Å². The molecule has 0 spiro atoms. The normalized spacial score (nSPS) is 10.1. The summed E-state index contributed by atoms with van der Waals surface area (Å²) >= 11 is 3.36. The van der Waals surface area contributed by atoms with Gasteiger partial charge in [-0.05, 0) is 42.8 Å². The zero-order chi connectivity index (χ0) is 14.4. The lowest BCUT2D eigenvalue weighted by molar-refractivity contribution is 0.102. The van der Waals surface area contributed by atoms with E-state index >= 15 is 0 Å². The van der Waals surface area contributed by atoms with Crippen LogP contribution in [0.1, 0.15) is 23.8 Å². The highest BCUT2D eigenvalue weighted by molar-refractivity contribution is 9.10. The quantitative estimate of drug-likeness (QED) is 0.871. The highest BCUT2D eigenvalue weighted by Gasteiger charge is 2.08. The van der Waals surface area contributed by atoms with Crippen molar-refractivity contribution in [1.82, 2.24) is 4.98 Å². The van der Waals surface area contributed by atoms with Crippen LogP contribution in [0.15, 0.2) is 47.1 Å². The van der Waals surface area contributed by atoms with Gasteiger partial charge in [-0.3, -0.25) is 9.78 Å². The largest absolute Gasteiger partial charge is 0.385 e. The molecule has 0 unspecified atom stereocenters. The van der Waals surface area contributed by atoms with E-state index < -0.39 is 0 Å². The van der Waals surface area contributed by atoms with Gasteiger partial charge in [0.2, 0.25) is 0 Å². The van der Waals surface area contributed by atoms with E-state index in [9.17, 15) is 4.79 Å². The van der Waals surface area contributed by atoms with Crippen LogP contribution in [0.25, 0.3) is 0 Å². The maximum absolute atomic E-state index is 12.1. The van der Waals surface area contributed by atoms with Gasteiger partial charge in [0.1, 0.15) is 5.69 Å². The summed E-state index contributed by atoms with van der Waals surface area (Å²) in [6, 6.07) is 11.0. The molecule has 0 atom stereocenters. The van der Waals surface area contributed by atoms with Gasteiger partial charge in [-0.2, -0.15) is 0 Å². The molecular weight excluding hydrogens is 318 g/mol. The summed E-state index contributed by atoms with van der Waals surface area (Å²) in [5.74, 6) is -0.215. The van der Waals surface area contributed by atoms with Crippen molar-refractivity contribution < 1.29 is 4.79 Å². The second-order valence-corrected chi connectivity index (χ2v) is 5.23. The first kappa shape index (κ1) is 14.5. The molecule has 104 valence electrons. The smallest absolute Gasteiger partial charge is 0.274 e. The first-order valence-electron chi connectivity index (χ1n) is 6.46. The average Bonchev–Trinajstić information content (AvgIpc) is 2.48. The summed E-state index contributed by atoms with van der Waals surface area (Å²) in [5, 5.41) is 6.05. The Bertz CT molecular complexity index is 584. The van der Waals surface area contributed by atoms with Crippen LogP contribution in [-0.4, -0.2) is 17.4 Å². The lowest BCUT2D eigenvalue weighted by atomic mass is 10.2. The minimum Gasteiger partial charge on any atom is -0.385 e. The molecule has 0 saturated carbocycles. The number of benzene rings is 1. The summed E-state index contributed by atoms with van der Waals surface area (Å²) in [6.45, 7) is 2.97. The maximum Gasteiger partial charge on any atom is 0.274 e. The van der Waals surface area contributed by atoms with Crippen molar-refractivity contribution in [2.45, 2.75) is 13.3 Å². The molecule has 5 heteroatoms. The zero-order valence-electron chi connectivity index (χ0n) is 11.2. The summed E-state index contributed by atoms with van der Waals surface area (Å²) in [7, 11) is 0. The Morgan fingerprint density at radius 3 is 2.65 bits per heavy atom. The Morgan fingerprint density at radius 2 is 1.95 bits per heavy atom. The number of halogens is 1. The van der Waals surface area contributed by atoms with Crippen molar-refractivity contribution in [2.24, 2.45) is 0 Å². The maximum atomic E-state index is 12.1. The SMILES string of the molecule is CCCNc1ccnc(C(=O)Nc2ccc(Br)cc2)c1. The van der Waals surface area contributed by atoms with Gasteiger partial charge in [0, 0.05) is 28.6 Å². The number of nitrogens with zero attached hydrogens (tertiary/aromatic N) is 1. The number of amides is 1. The van der Waals surface area contributed by atoms with Gasteiger partial charge in [-0.25, -0.2) is 0 Å². The Morgan fingerprint density at radius 1 is 1.20 bits per heavy atom. The van der Waals surface area contributed by atoms with Crippen LogP contribution in [0.2, 0.25) is 0 Å². The molecule has 0 saturated heterocycles. The van der Waals surface area contributed by atoms with Crippen LogP contribution < -0.4 is 10.6 Å². The number of pyridine rings is 1. The van der Waals surface area contributed by atoms with Crippen LogP contribution in [-0.2, 0) is 0 Å². The predicted octanol–water partition coefficient (Wildman–Crippen LogP) is 3.92. The first-order chi connectivity index (χ1) is 9.69. The highest BCUT2D eigenvalue weighted by atomic mass is 79.9. The standard InChI is InChI=1S/C15H16BrN3O/c1-2-8-17-13-7-9-18-14(10-13)15(20)19-12-5-3-11(16)4-6-12/h3-7,9-10H,2,8H2,1H3,(H,17,18)(H,19,20). The van der Waals surface area contributed by atoms with Crippen LogP contribution in [0.3, 0.4) is 0 Å². The minimum absolute atomic E-state index is 0.215. The van der Waals surface area contributed by atoms with Crippen LogP contribution in [0.4, 0.5) is 11.4 Å². The molecule has 1 heterocycles. The van der Waals surface area contributed by atoms with Crippen LogP contribution >= 0.6 is 15.9 Å². The second kappa shape index (κ2) is 7.05. The number of aromatic nitrogens is 1. The van der Waals surface area contributed by atoms with E-state index in [0.717, 1.165) is 28.8 Å². The summed E-state index contributed by atoms with van der Waals surface area (Å²) < 4.78 is 0.972. The molecule has 2 N–H and O–H groups in total. The third-order valence-electron chi connectivity index (χ3n) is 2.67. The molecule has 2 aromatic rings. The average molecular weight is 334 g/mol. The first-order valence-corrected chi connectivity index (χ1v) is 7.25. The van der Waals surface area contributed by atoms with E-state index in [-0.39, 0.29) is 5.91 Å². The number of hydrogen-bond acceptors (Lipinski definition) is 3. The summed E-state index contributed by atoms with van der Waals surface area (Å²) in [5.41, 5.74) is 2.05. The van der Waals surface area contributed by atoms with Gasteiger partial charge in [0.25, 0.3) is 5.91 Å². The molecule has 0 aliphatic rings. The Hall–Kier alpha value is -1.88. The molecule has 0 aliphatic heterocycles. The monoisotopic (exact) mass is 333 g/mol. The van der Waals surface area contributed by atoms with Gasteiger partial charge in [-0.15, -0.1) is 0 Å². The molecule has 1 aromatic carbocycles. The number of hydrogen-bond donors (Lipinski definition) is 2. The van der Waals surface area contributed by atoms with E-state index in [4.69, 9.17) is 0 Å².